The molecule has 0 saturated heterocycles. The van der Waals surface area contributed by atoms with Crippen LogP contribution in [0.4, 0.5) is 0 Å². The molecule has 7 heteroatoms. The monoisotopic (exact) mass is 461 g/mol. The molecule has 5 aromatic rings. The van der Waals surface area contributed by atoms with E-state index in [0.29, 0.717) is 11.5 Å². The Bertz CT molecular complexity index is 1530. The fourth-order valence-electron chi connectivity index (χ4n) is 4.15. The van der Waals surface area contributed by atoms with Crippen LogP contribution < -0.4 is 18.1 Å². The van der Waals surface area contributed by atoms with E-state index in [2.05, 4.69) is 21.0 Å². The molecule has 0 amide bonds. The molecule has 1 aliphatic carbocycles. The third-order valence-electron chi connectivity index (χ3n) is 5.71. The molecule has 34 heavy (non-hydrogen) atoms. The van der Waals surface area contributed by atoms with Crippen LogP contribution >= 0.6 is 0 Å². The topological polar surface area (TPSA) is 66.4 Å². The second kappa shape index (κ2) is 9.14. The zero-order chi connectivity index (χ0) is 22.7. The highest BCUT2D eigenvalue weighted by molar-refractivity contribution is 6.40. The lowest BCUT2D eigenvalue weighted by Gasteiger charge is -2.20. The lowest BCUT2D eigenvalue weighted by atomic mass is 10.1. The highest BCUT2D eigenvalue weighted by atomic mass is 27.3. The smallest absolute Gasteiger partial charge is 0.579 e. The summed E-state index contributed by atoms with van der Waals surface area (Å²) in [7, 11) is 0. The van der Waals surface area contributed by atoms with Gasteiger partial charge in [-0.3, -0.25) is 15.0 Å². The zero-order valence-corrected chi connectivity index (χ0v) is 19.5. The van der Waals surface area contributed by atoms with E-state index in [-0.39, 0.29) is 0 Å². The van der Waals surface area contributed by atoms with Crippen LogP contribution in [0, 0.1) is 0 Å². The first-order valence-electron chi connectivity index (χ1n) is 11.2. The number of rotatable bonds is 6. The fourth-order valence-corrected chi connectivity index (χ4v) is 5.55. The van der Waals surface area contributed by atoms with Crippen LogP contribution in [-0.4, -0.2) is 30.1 Å². The Morgan fingerprint density at radius 2 is 1.21 bits per heavy atom. The van der Waals surface area contributed by atoms with Crippen LogP contribution in [0.15, 0.2) is 91.4 Å². The van der Waals surface area contributed by atoms with Gasteiger partial charge in [0.1, 0.15) is 27.9 Å². The molecular weight excluding hydrogens is 441 g/mol. The SMILES string of the molecule is C1=c2cccnc2=C([O][Al]([O]c2cccc3cccnc23)[O]c2cccc3cccnc23)CC1. The van der Waals surface area contributed by atoms with Gasteiger partial charge >= 0.3 is 15.1 Å². The van der Waals surface area contributed by atoms with Gasteiger partial charge in [0.25, 0.3) is 0 Å². The van der Waals surface area contributed by atoms with Gasteiger partial charge in [0, 0.05) is 35.8 Å². The van der Waals surface area contributed by atoms with E-state index in [1.165, 1.54) is 0 Å². The Morgan fingerprint density at radius 3 is 1.88 bits per heavy atom. The van der Waals surface area contributed by atoms with E-state index in [9.17, 15) is 0 Å². The maximum absolute atomic E-state index is 6.50. The number of aromatic nitrogens is 3. The molecule has 3 heterocycles. The number of benzene rings is 2. The van der Waals surface area contributed by atoms with Gasteiger partial charge in [0.05, 0.1) is 5.76 Å². The quantitative estimate of drug-likeness (QED) is 0.356. The summed E-state index contributed by atoms with van der Waals surface area (Å²) in [4.78, 5) is 13.6. The number of pyridine rings is 3. The van der Waals surface area contributed by atoms with E-state index < -0.39 is 15.1 Å². The number of nitrogens with zero attached hydrogens (tertiary/aromatic N) is 3. The molecule has 2 aromatic carbocycles. The van der Waals surface area contributed by atoms with Crippen LogP contribution in [0.25, 0.3) is 33.6 Å². The van der Waals surface area contributed by atoms with Crippen molar-refractivity contribution in [2.45, 2.75) is 12.8 Å². The predicted octanol–water partition coefficient (Wildman–Crippen LogP) is 4.02. The van der Waals surface area contributed by atoms with Crippen molar-refractivity contribution in [1.29, 1.82) is 0 Å². The summed E-state index contributed by atoms with van der Waals surface area (Å²) in [6, 6.07) is 23.5. The summed E-state index contributed by atoms with van der Waals surface area (Å²) in [6.07, 6.45) is 9.09. The van der Waals surface area contributed by atoms with Crippen molar-refractivity contribution >= 4 is 48.8 Å². The van der Waals surface area contributed by atoms with E-state index in [1.54, 1.807) is 18.6 Å². The Kier molecular flexibility index (Phi) is 5.56. The highest BCUT2D eigenvalue weighted by Gasteiger charge is 2.46. The number of para-hydroxylation sites is 2. The predicted molar refractivity (Wildman–Crippen MR) is 132 cm³/mol. The van der Waals surface area contributed by atoms with Crippen LogP contribution in [0.5, 0.6) is 11.5 Å². The molecule has 0 radical (unpaired) electrons. The largest absolute Gasteiger partial charge is 1.20 e. The van der Waals surface area contributed by atoms with Gasteiger partial charge in [-0.2, -0.15) is 0 Å². The summed E-state index contributed by atoms with van der Waals surface area (Å²) in [5.74, 6) is 2.05. The normalized spacial score (nSPS) is 12.6. The molecule has 0 unspecified atom stereocenters. The van der Waals surface area contributed by atoms with Crippen molar-refractivity contribution in [3.63, 3.8) is 0 Å². The van der Waals surface area contributed by atoms with Crippen LogP contribution in [0.1, 0.15) is 12.8 Å². The molecule has 0 atom stereocenters. The summed E-state index contributed by atoms with van der Waals surface area (Å²) in [6.45, 7) is 0. The van der Waals surface area contributed by atoms with Gasteiger partial charge in [-0.15, -0.1) is 0 Å². The van der Waals surface area contributed by atoms with Gasteiger partial charge in [0.15, 0.2) is 0 Å². The summed E-state index contributed by atoms with van der Waals surface area (Å²) in [5, 5.41) is 3.89. The average molecular weight is 461 g/mol. The first-order valence-corrected chi connectivity index (χ1v) is 12.6. The molecule has 3 aromatic heterocycles. The Morgan fingerprint density at radius 1 is 0.618 bits per heavy atom. The maximum atomic E-state index is 6.50. The van der Waals surface area contributed by atoms with Crippen molar-refractivity contribution in [2.75, 3.05) is 0 Å². The summed E-state index contributed by atoms with van der Waals surface area (Å²) < 4.78 is 19.4. The van der Waals surface area contributed by atoms with Crippen molar-refractivity contribution in [2.24, 2.45) is 0 Å². The standard InChI is InChI=1S/C9H9NO.2C9H7NO.Al/c3*11-8-5-1-3-7-4-2-6-10-9(7)8;/h2-4,6,11H,1,5H2;2*1-6,11H;/q;;;+3/p-3. The highest BCUT2D eigenvalue weighted by Crippen LogP contribution is 2.28. The van der Waals surface area contributed by atoms with Gasteiger partial charge < -0.3 is 11.4 Å². The average Bonchev–Trinajstić information content (AvgIpc) is 2.89. The molecule has 6 nitrogen and oxygen atoms in total. The van der Waals surface area contributed by atoms with Crippen LogP contribution in [0.2, 0.25) is 0 Å². The molecule has 0 N–H and O–H groups in total. The molecule has 0 bridgehead atoms. The van der Waals surface area contributed by atoms with Crippen LogP contribution in [-0.2, 0) is 3.79 Å². The molecule has 164 valence electrons. The summed E-state index contributed by atoms with van der Waals surface area (Å²) >= 11 is -2.81. The van der Waals surface area contributed by atoms with Gasteiger partial charge in [-0.25, -0.2) is 0 Å². The van der Waals surface area contributed by atoms with Gasteiger partial charge in [0.2, 0.25) is 0 Å². The molecule has 1 aliphatic rings. The lowest BCUT2D eigenvalue weighted by molar-refractivity contribution is 0.283. The van der Waals surface area contributed by atoms with Crippen molar-refractivity contribution in [3.05, 3.63) is 102 Å². The second-order valence-electron chi connectivity index (χ2n) is 7.91. The second-order valence-corrected chi connectivity index (χ2v) is 9.20. The molecular formula is C27H20AlN3O3. The Hall–Kier alpha value is -3.92. The van der Waals surface area contributed by atoms with Gasteiger partial charge in [-0.05, 0) is 42.0 Å². The molecule has 6 rings (SSSR count). The molecule has 0 aliphatic heterocycles. The maximum Gasteiger partial charge on any atom is 1.20 e. The minimum absolute atomic E-state index is 0.632. The third-order valence-corrected chi connectivity index (χ3v) is 7.08. The first kappa shape index (κ1) is 20.7. The van der Waals surface area contributed by atoms with E-state index >= 15 is 0 Å². The zero-order valence-electron chi connectivity index (χ0n) is 18.3. The third kappa shape index (κ3) is 4.08. The fraction of sp³-hybridized carbons (Fsp3) is 0.0741. The minimum atomic E-state index is -2.81. The van der Waals surface area contributed by atoms with Crippen molar-refractivity contribution in [1.82, 2.24) is 15.0 Å². The summed E-state index contributed by atoms with van der Waals surface area (Å²) in [5.41, 5.74) is 1.54. The molecule has 0 fully saturated rings. The van der Waals surface area contributed by atoms with Crippen molar-refractivity contribution < 1.29 is 11.4 Å². The number of hydrogen-bond donors (Lipinski definition) is 0. The number of fused-ring (bicyclic) bond motifs is 3. The van der Waals surface area contributed by atoms with E-state index in [4.69, 9.17) is 11.4 Å². The minimum Gasteiger partial charge on any atom is -0.579 e. The number of hydrogen-bond acceptors (Lipinski definition) is 6. The first-order chi connectivity index (χ1) is 16.8. The molecule has 0 saturated carbocycles. The lowest BCUT2D eigenvalue weighted by Crippen LogP contribution is -2.39. The van der Waals surface area contributed by atoms with Crippen LogP contribution in [0.3, 0.4) is 0 Å². The molecule has 0 spiro atoms. The van der Waals surface area contributed by atoms with E-state index in [0.717, 1.165) is 51.0 Å². The van der Waals surface area contributed by atoms with Crippen molar-refractivity contribution in [3.8, 4) is 11.5 Å². The van der Waals surface area contributed by atoms with Gasteiger partial charge in [-0.1, -0.05) is 48.5 Å². The Labute approximate surface area is 201 Å². The van der Waals surface area contributed by atoms with E-state index in [1.807, 2.05) is 72.8 Å². The Balaban J connectivity index is 1.42.